The minimum absolute atomic E-state index is 0.211. The van der Waals surface area contributed by atoms with Gasteiger partial charge in [0, 0.05) is 12.6 Å². The van der Waals surface area contributed by atoms with Crippen LogP contribution in [0, 0.1) is 0 Å². The van der Waals surface area contributed by atoms with Gasteiger partial charge in [0.15, 0.2) is 0 Å². The summed E-state index contributed by atoms with van der Waals surface area (Å²) >= 11 is 0. The highest BCUT2D eigenvalue weighted by atomic mass is 16.2. The number of hydrogen-bond acceptors (Lipinski definition) is 2. The van der Waals surface area contributed by atoms with Gasteiger partial charge < -0.3 is 5.11 Å². The van der Waals surface area contributed by atoms with Crippen LogP contribution in [0.3, 0.4) is 0 Å². The number of aliphatic hydroxyl groups excluding tert-OH is 1. The fourth-order valence-electron chi connectivity index (χ4n) is 3.29. The van der Waals surface area contributed by atoms with Gasteiger partial charge in [-0.1, -0.05) is 48.5 Å². The molecule has 1 atom stereocenters. The molecule has 1 saturated heterocycles. The third kappa shape index (κ3) is 3.40. The number of hydrogen-bond donors (Lipinski definition) is 1. The van der Waals surface area contributed by atoms with E-state index in [4.69, 9.17) is 5.11 Å². The molecule has 0 bridgehead atoms. The van der Waals surface area contributed by atoms with Gasteiger partial charge in [-0.3, -0.25) is 4.90 Å². The van der Waals surface area contributed by atoms with Crippen molar-refractivity contribution < 1.29 is 5.11 Å². The topological polar surface area (TPSA) is 23.5 Å². The van der Waals surface area contributed by atoms with Crippen LogP contribution < -0.4 is 0 Å². The van der Waals surface area contributed by atoms with E-state index in [1.54, 1.807) is 0 Å². The number of likely N-dealkylation sites (tertiary alicyclic amines) is 1. The number of aliphatic hydroxyl groups is 1. The van der Waals surface area contributed by atoms with Crippen LogP contribution in [-0.4, -0.2) is 29.7 Å². The van der Waals surface area contributed by atoms with Gasteiger partial charge in [0.05, 0.1) is 0 Å². The summed E-state index contributed by atoms with van der Waals surface area (Å²) in [6.45, 7) is 4.98. The predicted molar refractivity (Wildman–Crippen MR) is 91.9 cm³/mol. The standard InChI is InChI=1S/C20H25NO/c1-16(21-13-2-3-14-21)18-8-10-20(11-9-18)19-6-4-17(5-7-19)12-15-22/h4-11,16,22H,2-3,12-15H2,1H3/t16-/m1/s1. The van der Waals surface area contributed by atoms with Crippen molar-refractivity contribution in [2.24, 2.45) is 0 Å². The van der Waals surface area contributed by atoms with Gasteiger partial charge in [-0.2, -0.15) is 0 Å². The molecule has 22 heavy (non-hydrogen) atoms. The van der Waals surface area contributed by atoms with Gasteiger partial charge in [0.2, 0.25) is 0 Å². The minimum Gasteiger partial charge on any atom is -0.396 e. The summed E-state index contributed by atoms with van der Waals surface area (Å²) in [5, 5.41) is 8.97. The predicted octanol–water partition coefficient (Wildman–Crippen LogP) is 4.05. The molecule has 0 unspecified atom stereocenters. The summed E-state index contributed by atoms with van der Waals surface area (Å²) in [4.78, 5) is 2.57. The Morgan fingerprint density at radius 3 is 2.00 bits per heavy atom. The van der Waals surface area contributed by atoms with Crippen LogP contribution in [0.5, 0.6) is 0 Å². The first-order valence-corrected chi connectivity index (χ1v) is 8.32. The molecular weight excluding hydrogens is 270 g/mol. The molecular formula is C20H25NO. The van der Waals surface area contributed by atoms with Crippen molar-refractivity contribution in [3.05, 3.63) is 59.7 Å². The minimum atomic E-state index is 0.211. The van der Waals surface area contributed by atoms with Crippen LogP contribution >= 0.6 is 0 Å². The molecule has 0 aromatic heterocycles. The fourth-order valence-corrected chi connectivity index (χ4v) is 3.29. The van der Waals surface area contributed by atoms with Gasteiger partial charge >= 0.3 is 0 Å². The molecule has 0 aliphatic carbocycles. The first-order chi connectivity index (χ1) is 10.8. The first kappa shape index (κ1) is 15.3. The number of rotatable bonds is 5. The molecule has 0 saturated carbocycles. The second-order valence-corrected chi connectivity index (χ2v) is 6.21. The van der Waals surface area contributed by atoms with Crippen molar-refractivity contribution in [2.45, 2.75) is 32.2 Å². The lowest BCUT2D eigenvalue weighted by atomic mass is 9.99. The van der Waals surface area contributed by atoms with E-state index in [2.05, 4.69) is 60.4 Å². The maximum atomic E-state index is 8.97. The molecule has 2 heteroatoms. The lowest BCUT2D eigenvalue weighted by Crippen LogP contribution is -2.23. The van der Waals surface area contributed by atoms with Crippen LogP contribution in [-0.2, 0) is 6.42 Å². The molecule has 3 rings (SSSR count). The summed E-state index contributed by atoms with van der Waals surface area (Å²) in [5.74, 6) is 0. The lowest BCUT2D eigenvalue weighted by molar-refractivity contribution is 0.263. The van der Waals surface area contributed by atoms with E-state index in [0.29, 0.717) is 6.04 Å². The van der Waals surface area contributed by atoms with Crippen molar-refractivity contribution in [1.82, 2.24) is 4.90 Å². The highest BCUT2D eigenvalue weighted by Crippen LogP contribution is 2.27. The van der Waals surface area contributed by atoms with Crippen molar-refractivity contribution in [2.75, 3.05) is 19.7 Å². The van der Waals surface area contributed by atoms with Crippen molar-refractivity contribution in [3.8, 4) is 11.1 Å². The van der Waals surface area contributed by atoms with E-state index < -0.39 is 0 Å². The Morgan fingerprint density at radius 2 is 1.45 bits per heavy atom. The van der Waals surface area contributed by atoms with E-state index in [-0.39, 0.29) is 6.61 Å². The fraction of sp³-hybridized carbons (Fsp3) is 0.400. The Balaban J connectivity index is 1.73. The molecule has 0 amide bonds. The Kier molecular flexibility index (Phi) is 4.91. The average Bonchev–Trinajstić information content (AvgIpc) is 3.10. The SMILES string of the molecule is C[C@H](c1ccc(-c2ccc(CCO)cc2)cc1)N1CCCC1. The molecule has 1 aliphatic rings. The quantitative estimate of drug-likeness (QED) is 0.899. The molecule has 2 nitrogen and oxygen atoms in total. The summed E-state index contributed by atoms with van der Waals surface area (Å²) in [7, 11) is 0. The highest BCUT2D eigenvalue weighted by molar-refractivity contribution is 5.64. The molecule has 1 aliphatic heterocycles. The smallest absolute Gasteiger partial charge is 0.0471 e. The molecule has 2 aromatic carbocycles. The summed E-state index contributed by atoms with van der Waals surface area (Å²) in [6.07, 6.45) is 3.40. The Morgan fingerprint density at radius 1 is 0.909 bits per heavy atom. The number of nitrogens with zero attached hydrogens (tertiary/aromatic N) is 1. The van der Waals surface area contributed by atoms with Crippen LogP contribution in [0.1, 0.15) is 36.9 Å². The monoisotopic (exact) mass is 295 g/mol. The largest absolute Gasteiger partial charge is 0.396 e. The van der Waals surface area contributed by atoms with E-state index >= 15 is 0 Å². The van der Waals surface area contributed by atoms with Gasteiger partial charge in [-0.05, 0) is 61.5 Å². The van der Waals surface area contributed by atoms with Crippen LogP contribution in [0.25, 0.3) is 11.1 Å². The van der Waals surface area contributed by atoms with E-state index in [9.17, 15) is 0 Å². The van der Waals surface area contributed by atoms with Gasteiger partial charge in [0.25, 0.3) is 0 Å². The molecule has 1 N–H and O–H groups in total. The average molecular weight is 295 g/mol. The molecule has 0 radical (unpaired) electrons. The summed E-state index contributed by atoms with van der Waals surface area (Å²) in [5.41, 5.74) is 5.09. The second-order valence-electron chi connectivity index (χ2n) is 6.21. The highest BCUT2D eigenvalue weighted by Gasteiger charge is 2.19. The Hall–Kier alpha value is -1.64. The van der Waals surface area contributed by atoms with Crippen LogP contribution in [0.2, 0.25) is 0 Å². The molecule has 1 fully saturated rings. The zero-order chi connectivity index (χ0) is 15.4. The van der Waals surface area contributed by atoms with Crippen molar-refractivity contribution >= 4 is 0 Å². The van der Waals surface area contributed by atoms with Gasteiger partial charge in [0.1, 0.15) is 0 Å². The van der Waals surface area contributed by atoms with Crippen molar-refractivity contribution in [3.63, 3.8) is 0 Å². The summed E-state index contributed by atoms with van der Waals surface area (Å²) in [6, 6.07) is 18.0. The maximum Gasteiger partial charge on any atom is 0.0471 e. The summed E-state index contributed by atoms with van der Waals surface area (Å²) < 4.78 is 0. The Bertz CT molecular complexity index is 582. The van der Waals surface area contributed by atoms with Gasteiger partial charge in [-0.15, -0.1) is 0 Å². The van der Waals surface area contributed by atoms with Crippen LogP contribution in [0.15, 0.2) is 48.5 Å². The molecule has 116 valence electrons. The second kappa shape index (κ2) is 7.08. The zero-order valence-electron chi connectivity index (χ0n) is 13.3. The first-order valence-electron chi connectivity index (χ1n) is 8.32. The van der Waals surface area contributed by atoms with Gasteiger partial charge in [-0.25, -0.2) is 0 Å². The third-order valence-corrected chi connectivity index (χ3v) is 4.77. The molecule has 0 spiro atoms. The Labute approximate surface area is 133 Å². The lowest BCUT2D eigenvalue weighted by Gasteiger charge is -2.24. The maximum absolute atomic E-state index is 8.97. The zero-order valence-corrected chi connectivity index (χ0v) is 13.3. The van der Waals surface area contributed by atoms with E-state index in [0.717, 1.165) is 6.42 Å². The molecule has 2 aromatic rings. The number of benzene rings is 2. The van der Waals surface area contributed by atoms with Crippen LogP contribution in [0.4, 0.5) is 0 Å². The van der Waals surface area contributed by atoms with Crippen molar-refractivity contribution in [1.29, 1.82) is 0 Å². The van der Waals surface area contributed by atoms with E-state index in [1.165, 1.54) is 48.2 Å². The third-order valence-electron chi connectivity index (χ3n) is 4.77. The normalized spacial score (nSPS) is 16.8. The van der Waals surface area contributed by atoms with E-state index in [1.807, 2.05) is 0 Å². The molecule has 1 heterocycles.